The van der Waals surface area contributed by atoms with Crippen molar-refractivity contribution in [3.8, 4) is 0 Å². The summed E-state index contributed by atoms with van der Waals surface area (Å²) in [5.74, 6) is -0.0664. The Balaban J connectivity index is 1.89. The van der Waals surface area contributed by atoms with E-state index in [-0.39, 0.29) is 11.9 Å². The minimum Gasteiger partial charge on any atom is -0.345 e. The zero-order valence-electron chi connectivity index (χ0n) is 14.0. The van der Waals surface area contributed by atoms with Crippen LogP contribution in [0.1, 0.15) is 40.0 Å². The van der Waals surface area contributed by atoms with E-state index in [1.165, 1.54) is 10.8 Å². The fraction of sp³-hybridized carbons (Fsp3) is 0.190. The number of hydrogen-bond acceptors (Lipinski definition) is 2. The molecule has 0 unspecified atom stereocenters. The van der Waals surface area contributed by atoms with Crippen LogP contribution in [-0.2, 0) is 6.54 Å². The number of nitrogens with two attached hydrogens (primary N) is 1. The molecule has 3 heteroatoms. The van der Waals surface area contributed by atoms with Crippen LogP contribution in [0.2, 0.25) is 0 Å². The summed E-state index contributed by atoms with van der Waals surface area (Å²) in [6.07, 6.45) is 0. The lowest BCUT2D eigenvalue weighted by Gasteiger charge is -2.18. The lowest BCUT2D eigenvalue weighted by atomic mass is 9.99. The molecule has 3 rings (SSSR count). The Morgan fingerprint density at radius 2 is 1.83 bits per heavy atom. The number of hydrogen-bond donors (Lipinski definition) is 2. The Morgan fingerprint density at radius 1 is 1.08 bits per heavy atom. The Hall–Kier alpha value is -2.65. The molecule has 122 valence electrons. The third-order valence-electron chi connectivity index (χ3n) is 4.42. The molecule has 0 aliphatic rings. The standard InChI is InChI=1S/C21H22N2O/c1-14-10-11-16(13-22)12-20(14)21(24)23-15(2)18-9-5-7-17-6-3-4-8-19(17)18/h3-12,15H,13,22H2,1-2H3,(H,23,24)/t15-/m1/s1. The van der Waals surface area contributed by atoms with E-state index in [1.54, 1.807) is 0 Å². The first-order valence-corrected chi connectivity index (χ1v) is 8.18. The Kier molecular flexibility index (Phi) is 4.63. The van der Waals surface area contributed by atoms with E-state index in [2.05, 4.69) is 29.6 Å². The van der Waals surface area contributed by atoms with Crippen LogP contribution in [-0.4, -0.2) is 5.91 Å². The van der Waals surface area contributed by atoms with Crippen molar-refractivity contribution in [2.45, 2.75) is 26.4 Å². The first-order valence-electron chi connectivity index (χ1n) is 8.18. The molecule has 3 N–H and O–H groups in total. The molecular weight excluding hydrogens is 296 g/mol. The lowest BCUT2D eigenvalue weighted by Crippen LogP contribution is -2.27. The number of nitrogens with one attached hydrogen (secondary N) is 1. The van der Waals surface area contributed by atoms with Crippen LogP contribution in [0.25, 0.3) is 10.8 Å². The number of benzene rings is 3. The second kappa shape index (κ2) is 6.85. The van der Waals surface area contributed by atoms with Gasteiger partial charge in [-0.15, -0.1) is 0 Å². The summed E-state index contributed by atoms with van der Waals surface area (Å²) in [7, 11) is 0. The van der Waals surface area contributed by atoms with E-state index >= 15 is 0 Å². The third-order valence-corrected chi connectivity index (χ3v) is 4.42. The summed E-state index contributed by atoms with van der Waals surface area (Å²) in [5.41, 5.74) is 9.41. The number of aryl methyl sites for hydroxylation is 1. The minimum atomic E-state index is -0.0791. The monoisotopic (exact) mass is 318 g/mol. The first-order chi connectivity index (χ1) is 11.6. The number of rotatable bonds is 4. The van der Waals surface area contributed by atoms with Crippen molar-refractivity contribution in [1.29, 1.82) is 0 Å². The van der Waals surface area contributed by atoms with Gasteiger partial charge in [0.05, 0.1) is 6.04 Å². The number of carbonyl (C=O) groups excluding carboxylic acids is 1. The van der Waals surface area contributed by atoms with Gasteiger partial charge in [-0.1, -0.05) is 54.6 Å². The predicted octanol–water partition coefficient (Wildman–Crippen LogP) is 4.10. The molecule has 0 radical (unpaired) electrons. The van der Waals surface area contributed by atoms with Crippen molar-refractivity contribution in [3.63, 3.8) is 0 Å². The Bertz CT molecular complexity index is 881. The molecule has 0 spiro atoms. The second-order valence-electron chi connectivity index (χ2n) is 6.12. The molecule has 24 heavy (non-hydrogen) atoms. The normalized spacial score (nSPS) is 12.1. The van der Waals surface area contributed by atoms with Crippen LogP contribution in [0.5, 0.6) is 0 Å². The van der Waals surface area contributed by atoms with Crippen LogP contribution < -0.4 is 11.1 Å². The van der Waals surface area contributed by atoms with Gasteiger partial charge in [0.25, 0.3) is 5.91 Å². The summed E-state index contributed by atoms with van der Waals surface area (Å²) < 4.78 is 0. The van der Waals surface area contributed by atoms with Crippen LogP contribution in [0, 0.1) is 6.92 Å². The quantitative estimate of drug-likeness (QED) is 0.761. The summed E-state index contributed by atoms with van der Waals surface area (Å²) in [6.45, 7) is 4.39. The van der Waals surface area contributed by atoms with Crippen LogP contribution in [0.4, 0.5) is 0 Å². The van der Waals surface area contributed by atoms with Gasteiger partial charge < -0.3 is 11.1 Å². The molecule has 3 aromatic carbocycles. The maximum Gasteiger partial charge on any atom is 0.252 e. The van der Waals surface area contributed by atoms with Gasteiger partial charge in [-0.25, -0.2) is 0 Å². The number of carbonyl (C=O) groups is 1. The van der Waals surface area contributed by atoms with Gasteiger partial charge in [0.1, 0.15) is 0 Å². The molecule has 1 amide bonds. The maximum atomic E-state index is 12.7. The van der Waals surface area contributed by atoms with Crippen molar-refractivity contribution in [2.75, 3.05) is 0 Å². The second-order valence-corrected chi connectivity index (χ2v) is 6.12. The zero-order chi connectivity index (χ0) is 17.1. The van der Waals surface area contributed by atoms with Crippen LogP contribution in [0.3, 0.4) is 0 Å². The molecule has 1 atom stereocenters. The zero-order valence-corrected chi connectivity index (χ0v) is 14.0. The summed E-state index contributed by atoms with van der Waals surface area (Å²) in [5, 5.41) is 5.46. The van der Waals surface area contributed by atoms with E-state index in [4.69, 9.17) is 5.73 Å². The van der Waals surface area contributed by atoms with Gasteiger partial charge in [-0.3, -0.25) is 4.79 Å². The highest BCUT2D eigenvalue weighted by atomic mass is 16.1. The van der Waals surface area contributed by atoms with E-state index in [0.717, 1.165) is 16.7 Å². The summed E-state index contributed by atoms with van der Waals surface area (Å²) in [6, 6.07) is 20.1. The van der Waals surface area contributed by atoms with Gasteiger partial charge >= 0.3 is 0 Å². The topological polar surface area (TPSA) is 55.1 Å². The molecule has 3 aromatic rings. The van der Waals surface area contributed by atoms with Crippen LogP contribution >= 0.6 is 0 Å². The molecule has 0 saturated carbocycles. The molecule has 0 fully saturated rings. The predicted molar refractivity (Wildman–Crippen MR) is 98.9 cm³/mol. The highest BCUT2D eigenvalue weighted by molar-refractivity contribution is 5.96. The summed E-state index contributed by atoms with van der Waals surface area (Å²) >= 11 is 0. The Morgan fingerprint density at radius 3 is 2.62 bits per heavy atom. The Labute approximate surface area is 142 Å². The van der Waals surface area contributed by atoms with Crippen molar-refractivity contribution in [1.82, 2.24) is 5.32 Å². The molecule has 0 heterocycles. The molecule has 0 aliphatic heterocycles. The van der Waals surface area contributed by atoms with Crippen LogP contribution in [0.15, 0.2) is 60.7 Å². The van der Waals surface area contributed by atoms with Crippen molar-refractivity contribution in [2.24, 2.45) is 5.73 Å². The fourth-order valence-electron chi connectivity index (χ4n) is 3.02. The highest BCUT2D eigenvalue weighted by Crippen LogP contribution is 2.24. The van der Waals surface area contributed by atoms with E-state index < -0.39 is 0 Å². The van der Waals surface area contributed by atoms with E-state index in [0.29, 0.717) is 12.1 Å². The summed E-state index contributed by atoms with van der Waals surface area (Å²) in [4.78, 5) is 12.7. The molecule has 0 aromatic heterocycles. The molecular formula is C21H22N2O. The maximum absolute atomic E-state index is 12.7. The molecule has 0 bridgehead atoms. The molecule has 3 nitrogen and oxygen atoms in total. The lowest BCUT2D eigenvalue weighted by molar-refractivity contribution is 0.0939. The van der Waals surface area contributed by atoms with Crippen molar-refractivity contribution >= 4 is 16.7 Å². The van der Waals surface area contributed by atoms with Gasteiger partial charge in [0, 0.05) is 12.1 Å². The SMILES string of the molecule is Cc1ccc(CN)cc1C(=O)N[C@H](C)c1cccc2ccccc12. The molecule has 0 saturated heterocycles. The van der Waals surface area contributed by atoms with Crippen molar-refractivity contribution < 1.29 is 4.79 Å². The van der Waals surface area contributed by atoms with Crippen molar-refractivity contribution in [3.05, 3.63) is 82.9 Å². The minimum absolute atomic E-state index is 0.0664. The van der Waals surface area contributed by atoms with Gasteiger partial charge in [-0.2, -0.15) is 0 Å². The highest BCUT2D eigenvalue weighted by Gasteiger charge is 2.15. The van der Waals surface area contributed by atoms with Gasteiger partial charge in [0.15, 0.2) is 0 Å². The molecule has 0 aliphatic carbocycles. The third kappa shape index (κ3) is 3.17. The average molecular weight is 318 g/mol. The first kappa shape index (κ1) is 16.2. The average Bonchev–Trinajstić information content (AvgIpc) is 2.61. The number of amides is 1. The van der Waals surface area contributed by atoms with Gasteiger partial charge in [0.2, 0.25) is 0 Å². The van der Waals surface area contributed by atoms with E-state index in [1.807, 2.05) is 50.2 Å². The van der Waals surface area contributed by atoms with E-state index in [9.17, 15) is 4.79 Å². The number of fused-ring (bicyclic) bond motifs is 1. The fourth-order valence-corrected chi connectivity index (χ4v) is 3.02. The smallest absolute Gasteiger partial charge is 0.252 e. The van der Waals surface area contributed by atoms with Gasteiger partial charge in [-0.05, 0) is 47.4 Å². The largest absolute Gasteiger partial charge is 0.345 e.